The van der Waals surface area contributed by atoms with Gasteiger partial charge in [0.1, 0.15) is 12.3 Å². The van der Waals surface area contributed by atoms with Gasteiger partial charge in [-0.2, -0.15) is 0 Å². The number of fused-ring (bicyclic) bond motifs is 1. The molecule has 6 nitrogen and oxygen atoms in total. The summed E-state index contributed by atoms with van der Waals surface area (Å²) < 4.78 is 4.88. The van der Waals surface area contributed by atoms with E-state index < -0.39 is 0 Å². The summed E-state index contributed by atoms with van der Waals surface area (Å²) in [6.45, 7) is 3.04. The second-order valence-electron chi connectivity index (χ2n) is 5.34. The van der Waals surface area contributed by atoms with Crippen LogP contribution in [0.4, 0.5) is 0 Å². The van der Waals surface area contributed by atoms with Crippen molar-refractivity contribution in [2.75, 3.05) is 39.9 Å². The number of rotatable bonds is 3. The topological polar surface area (TPSA) is 62.7 Å². The van der Waals surface area contributed by atoms with Crippen molar-refractivity contribution >= 4 is 23.2 Å². The first-order valence-corrected chi connectivity index (χ1v) is 7.57. The Morgan fingerprint density at radius 1 is 1.30 bits per heavy atom. The van der Waals surface area contributed by atoms with E-state index >= 15 is 0 Å². The summed E-state index contributed by atoms with van der Waals surface area (Å²) in [6, 6.07) is 0. The lowest BCUT2D eigenvalue weighted by Gasteiger charge is -2.21. The number of carbonyl (C=O) groups excluding carboxylic acids is 2. The van der Waals surface area contributed by atoms with Crippen LogP contribution in [-0.4, -0.2) is 66.5 Å². The Balaban J connectivity index is 1.58. The van der Waals surface area contributed by atoms with Crippen molar-refractivity contribution in [3.63, 3.8) is 0 Å². The summed E-state index contributed by atoms with van der Waals surface area (Å²) in [4.78, 5) is 31.8. The van der Waals surface area contributed by atoms with Crippen LogP contribution in [0.25, 0.3) is 0 Å². The number of hydrogen-bond donors (Lipinski definition) is 0. The summed E-state index contributed by atoms with van der Waals surface area (Å²) >= 11 is 1.43. The molecule has 2 aliphatic rings. The average Bonchev–Trinajstić information content (AvgIpc) is 3.13. The standard InChI is InChI=1S/C13H17N3O3S/c1-19-6-12(17)15-2-9-4-16(5-10(9)3-15)13(18)11-7-20-8-14-11/h7-10H,2-6H2,1H3/t9-,10+. The number of nitrogens with zero attached hydrogens (tertiary/aromatic N) is 3. The zero-order valence-corrected chi connectivity index (χ0v) is 12.1. The third-order valence-corrected chi connectivity index (χ3v) is 4.63. The first-order valence-electron chi connectivity index (χ1n) is 6.63. The van der Waals surface area contributed by atoms with Gasteiger partial charge in [-0.3, -0.25) is 9.59 Å². The van der Waals surface area contributed by atoms with Gasteiger partial charge in [0.2, 0.25) is 5.91 Å². The van der Waals surface area contributed by atoms with Crippen molar-refractivity contribution in [3.8, 4) is 0 Å². The van der Waals surface area contributed by atoms with Crippen LogP contribution >= 0.6 is 11.3 Å². The van der Waals surface area contributed by atoms with Crippen LogP contribution in [0.1, 0.15) is 10.5 Å². The number of likely N-dealkylation sites (tertiary alicyclic amines) is 2. The van der Waals surface area contributed by atoms with E-state index in [2.05, 4.69) is 4.98 Å². The van der Waals surface area contributed by atoms with E-state index in [1.54, 1.807) is 10.9 Å². The van der Waals surface area contributed by atoms with E-state index in [4.69, 9.17) is 4.74 Å². The van der Waals surface area contributed by atoms with Crippen LogP contribution in [-0.2, 0) is 9.53 Å². The van der Waals surface area contributed by atoms with E-state index in [0.29, 0.717) is 17.5 Å². The van der Waals surface area contributed by atoms with Crippen molar-refractivity contribution in [2.45, 2.75) is 0 Å². The largest absolute Gasteiger partial charge is 0.375 e. The van der Waals surface area contributed by atoms with Gasteiger partial charge in [0.15, 0.2) is 0 Å². The Hall–Kier alpha value is -1.47. The summed E-state index contributed by atoms with van der Waals surface area (Å²) in [5.41, 5.74) is 2.21. The molecule has 0 N–H and O–H groups in total. The summed E-state index contributed by atoms with van der Waals surface area (Å²) in [5, 5.41) is 1.78. The monoisotopic (exact) mass is 295 g/mol. The fourth-order valence-corrected chi connectivity index (χ4v) is 3.58. The molecule has 2 atom stereocenters. The van der Waals surface area contributed by atoms with Gasteiger partial charge in [-0.25, -0.2) is 4.98 Å². The SMILES string of the molecule is COCC(=O)N1C[C@@H]2CN(C(=O)c3cscn3)C[C@@H]2C1. The van der Waals surface area contributed by atoms with Crippen LogP contribution in [0.2, 0.25) is 0 Å². The molecule has 2 amide bonds. The first-order chi connectivity index (χ1) is 9.69. The molecule has 0 unspecified atom stereocenters. The van der Waals surface area contributed by atoms with Gasteiger partial charge >= 0.3 is 0 Å². The third-order valence-electron chi connectivity index (χ3n) is 4.05. The van der Waals surface area contributed by atoms with Gasteiger partial charge in [-0.05, 0) is 0 Å². The van der Waals surface area contributed by atoms with Crippen LogP contribution in [0.15, 0.2) is 10.9 Å². The minimum absolute atomic E-state index is 0.00965. The Kier molecular flexibility index (Phi) is 3.71. The summed E-state index contributed by atoms with van der Waals surface area (Å²) in [6.07, 6.45) is 0. The van der Waals surface area contributed by atoms with Gasteiger partial charge < -0.3 is 14.5 Å². The first kappa shape index (κ1) is 13.5. The highest BCUT2D eigenvalue weighted by molar-refractivity contribution is 7.07. The lowest BCUT2D eigenvalue weighted by Crippen LogP contribution is -2.37. The molecule has 0 aliphatic carbocycles. The van der Waals surface area contributed by atoms with Crippen molar-refractivity contribution in [2.24, 2.45) is 11.8 Å². The normalized spacial score (nSPS) is 25.1. The molecule has 3 heterocycles. The number of methoxy groups -OCH3 is 1. The molecule has 0 bridgehead atoms. The molecule has 108 valence electrons. The van der Waals surface area contributed by atoms with Gasteiger partial charge in [0.25, 0.3) is 5.91 Å². The van der Waals surface area contributed by atoms with Gasteiger partial charge in [0.05, 0.1) is 5.51 Å². The Bertz CT molecular complexity index is 491. The summed E-state index contributed by atoms with van der Waals surface area (Å²) in [7, 11) is 1.53. The zero-order valence-electron chi connectivity index (χ0n) is 11.3. The highest BCUT2D eigenvalue weighted by Crippen LogP contribution is 2.31. The van der Waals surface area contributed by atoms with Crippen molar-refractivity contribution in [1.29, 1.82) is 0 Å². The van der Waals surface area contributed by atoms with Gasteiger partial charge in [-0.1, -0.05) is 0 Å². The van der Waals surface area contributed by atoms with Crippen LogP contribution in [0.5, 0.6) is 0 Å². The minimum atomic E-state index is 0.00965. The average molecular weight is 295 g/mol. The highest BCUT2D eigenvalue weighted by atomic mass is 32.1. The predicted molar refractivity (Wildman–Crippen MR) is 73.5 cm³/mol. The summed E-state index contributed by atoms with van der Waals surface area (Å²) in [5.74, 6) is 0.825. The Morgan fingerprint density at radius 3 is 2.50 bits per heavy atom. The van der Waals surface area contributed by atoms with Gasteiger partial charge in [-0.15, -0.1) is 11.3 Å². The Morgan fingerprint density at radius 2 is 1.95 bits per heavy atom. The van der Waals surface area contributed by atoms with E-state index in [-0.39, 0.29) is 18.4 Å². The van der Waals surface area contributed by atoms with E-state index in [1.807, 2.05) is 9.80 Å². The molecule has 7 heteroatoms. The molecule has 2 saturated heterocycles. The molecular weight excluding hydrogens is 278 g/mol. The zero-order chi connectivity index (χ0) is 14.1. The molecule has 2 aliphatic heterocycles. The Labute approximate surface area is 121 Å². The van der Waals surface area contributed by atoms with Crippen LogP contribution in [0, 0.1) is 11.8 Å². The molecule has 3 rings (SSSR count). The maximum Gasteiger partial charge on any atom is 0.273 e. The lowest BCUT2D eigenvalue weighted by atomic mass is 10.0. The maximum atomic E-state index is 12.2. The third kappa shape index (κ3) is 2.43. The number of thiazole rings is 1. The lowest BCUT2D eigenvalue weighted by molar-refractivity contribution is -0.134. The second kappa shape index (κ2) is 5.49. The molecule has 0 radical (unpaired) electrons. The molecule has 0 saturated carbocycles. The number of amides is 2. The van der Waals surface area contributed by atoms with Crippen LogP contribution in [0.3, 0.4) is 0 Å². The number of carbonyl (C=O) groups is 2. The van der Waals surface area contributed by atoms with Crippen LogP contribution < -0.4 is 0 Å². The number of aromatic nitrogens is 1. The molecular formula is C13H17N3O3S. The van der Waals surface area contributed by atoms with Gasteiger partial charge in [0, 0.05) is 50.5 Å². The van der Waals surface area contributed by atoms with E-state index in [9.17, 15) is 9.59 Å². The molecule has 0 spiro atoms. The number of ether oxygens (including phenoxy) is 1. The van der Waals surface area contributed by atoms with Crippen molar-refractivity contribution < 1.29 is 14.3 Å². The highest BCUT2D eigenvalue weighted by Gasteiger charge is 2.43. The molecule has 1 aromatic rings. The fourth-order valence-electron chi connectivity index (χ4n) is 3.06. The fraction of sp³-hybridized carbons (Fsp3) is 0.615. The predicted octanol–water partition coefficient (Wildman–Crippen LogP) is 0.320. The molecule has 1 aromatic heterocycles. The van der Waals surface area contributed by atoms with Crippen molar-refractivity contribution in [1.82, 2.24) is 14.8 Å². The van der Waals surface area contributed by atoms with E-state index in [0.717, 1.165) is 26.2 Å². The minimum Gasteiger partial charge on any atom is -0.375 e. The number of hydrogen-bond acceptors (Lipinski definition) is 5. The maximum absolute atomic E-state index is 12.2. The molecule has 20 heavy (non-hydrogen) atoms. The van der Waals surface area contributed by atoms with E-state index in [1.165, 1.54) is 18.4 Å². The quantitative estimate of drug-likeness (QED) is 0.805. The molecule has 2 fully saturated rings. The molecule has 0 aromatic carbocycles. The smallest absolute Gasteiger partial charge is 0.273 e. The van der Waals surface area contributed by atoms with Crippen molar-refractivity contribution in [3.05, 3.63) is 16.6 Å². The second-order valence-corrected chi connectivity index (χ2v) is 6.05.